The molecule has 0 aliphatic rings. The van der Waals surface area contributed by atoms with E-state index in [9.17, 15) is 10.1 Å². The number of hydrogen-bond acceptors (Lipinski definition) is 4. The standard InChI is InChI=1S/C15H16N2O3/c1-10-7-13(4-3-12(10)9-16)20-14-5-6-15(17(18)19)11(2)8-14/h3-8H,9,16H2,1-2H3. The molecule has 0 aromatic heterocycles. The molecule has 0 saturated heterocycles. The summed E-state index contributed by atoms with van der Waals surface area (Å²) in [6.45, 7) is 4.15. The first-order chi connectivity index (χ1) is 9.51. The minimum Gasteiger partial charge on any atom is -0.457 e. The van der Waals surface area contributed by atoms with Crippen molar-refractivity contribution in [1.29, 1.82) is 0 Å². The third-order valence-electron chi connectivity index (χ3n) is 3.13. The Hall–Kier alpha value is -2.40. The molecule has 20 heavy (non-hydrogen) atoms. The van der Waals surface area contributed by atoms with Crippen molar-refractivity contribution in [3.05, 3.63) is 63.2 Å². The molecule has 2 rings (SSSR count). The molecule has 0 heterocycles. The van der Waals surface area contributed by atoms with E-state index in [1.165, 1.54) is 6.07 Å². The van der Waals surface area contributed by atoms with Gasteiger partial charge >= 0.3 is 0 Å². The number of hydrogen-bond donors (Lipinski definition) is 1. The second kappa shape index (κ2) is 5.71. The van der Waals surface area contributed by atoms with Crippen LogP contribution in [-0.4, -0.2) is 4.92 Å². The number of nitrogens with two attached hydrogens (primary N) is 1. The average molecular weight is 272 g/mol. The van der Waals surface area contributed by atoms with Gasteiger partial charge in [-0.2, -0.15) is 0 Å². The lowest BCUT2D eigenvalue weighted by Crippen LogP contribution is -1.99. The Bertz CT molecular complexity index is 654. The summed E-state index contributed by atoms with van der Waals surface area (Å²) in [5.74, 6) is 1.26. The molecule has 0 aliphatic carbocycles. The molecule has 5 heteroatoms. The van der Waals surface area contributed by atoms with Crippen molar-refractivity contribution < 1.29 is 9.66 Å². The predicted octanol–water partition coefficient (Wildman–Crippen LogP) is 3.46. The third kappa shape index (κ3) is 2.95. The molecule has 104 valence electrons. The lowest BCUT2D eigenvalue weighted by Gasteiger charge is -2.09. The fraction of sp³-hybridized carbons (Fsp3) is 0.200. The largest absolute Gasteiger partial charge is 0.457 e. The van der Waals surface area contributed by atoms with E-state index in [4.69, 9.17) is 10.5 Å². The minimum absolute atomic E-state index is 0.0898. The molecule has 0 spiro atoms. The maximum absolute atomic E-state index is 10.8. The molecule has 2 aromatic carbocycles. The van der Waals surface area contributed by atoms with Crippen molar-refractivity contribution in [2.24, 2.45) is 5.73 Å². The van der Waals surface area contributed by atoms with Gasteiger partial charge in [0, 0.05) is 18.2 Å². The summed E-state index contributed by atoms with van der Waals surface area (Å²) in [6.07, 6.45) is 0. The molecule has 5 nitrogen and oxygen atoms in total. The van der Waals surface area contributed by atoms with Crippen LogP contribution in [0.3, 0.4) is 0 Å². The quantitative estimate of drug-likeness (QED) is 0.682. The SMILES string of the molecule is Cc1cc(Oc2ccc([N+](=O)[O-])c(C)c2)ccc1CN. The molecule has 2 N–H and O–H groups in total. The Morgan fingerprint density at radius 3 is 2.20 bits per heavy atom. The number of nitrogens with zero attached hydrogens (tertiary/aromatic N) is 1. The molecule has 0 amide bonds. The summed E-state index contributed by atoms with van der Waals surface area (Å²) in [5.41, 5.74) is 8.40. The van der Waals surface area contributed by atoms with Crippen molar-refractivity contribution in [3.8, 4) is 11.5 Å². The van der Waals surface area contributed by atoms with Crippen LogP contribution in [-0.2, 0) is 6.54 Å². The summed E-state index contributed by atoms with van der Waals surface area (Å²) >= 11 is 0. The van der Waals surface area contributed by atoms with Crippen molar-refractivity contribution in [2.75, 3.05) is 0 Å². The number of aryl methyl sites for hydroxylation is 2. The van der Waals surface area contributed by atoms with Gasteiger partial charge in [0.25, 0.3) is 5.69 Å². The van der Waals surface area contributed by atoms with Crippen molar-refractivity contribution in [1.82, 2.24) is 0 Å². The van der Waals surface area contributed by atoms with Gasteiger partial charge in [-0.25, -0.2) is 0 Å². The zero-order valence-corrected chi connectivity index (χ0v) is 11.4. The molecule has 0 radical (unpaired) electrons. The molecule has 0 atom stereocenters. The van der Waals surface area contributed by atoms with Crippen LogP contribution < -0.4 is 10.5 Å². The Balaban J connectivity index is 2.24. The monoisotopic (exact) mass is 272 g/mol. The van der Waals surface area contributed by atoms with Crippen LogP contribution in [0, 0.1) is 24.0 Å². The lowest BCUT2D eigenvalue weighted by atomic mass is 10.1. The molecule has 2 aromatic rings. The van der Waals surface area contributed by atoms with Gasteiger partial charge in [-0.3, -0.25) is 10.1 Å². The fourth-order valence-electron chi connectivity index (χ4n) is 1.99. The number of rotatable bonds is 4. The van der Waals surface area contributed by atoms with Crippen LogP contribution in [0.4, 0.5) is 5.69 Å². The Morgan fingerprint density at radius 1 is 1.10 bits per heavy atom. The predicted molar refractivity (Wildman–Crippen MR) is 77.0 cm³/mol. The Morgan fingerprint density at radius 2 is 1.70 bits per heavy atom. The summed E-state index contributed by atoms with van der Waals surface area (Å²) in [4.78, 5) is 10.4. The molecule has 0 aliphatic heterocycles. The first-order valence-electron chi connectivity index (χ1n) is 6.23. The minimum atomic E-state index is -0.403. The summed E-state index contributed by atoms with van der Waals surface area (Å²) in [7, 11) is 0. The summed E-state index contributed by atoms with van der Waals surface area (Å²) in [5, 5.41) is 10.8. The Kier molecular flexibility index (Phi) is 4.00. The van der Waals surface area contributed by atoms with Gasteiger partial charge in [0.2, 0.25) is 0 Å². The molecule has 0 fully saturated rings. The van der Waals surface area contributed by atoms with Crippen LogP contribution in [0.2, 0.25) is 0 Å². The first kappa shape index (κ1) is 14.0. The number of ether oxygens (including phenoxy) is 1. The second-order valence-corrected chi connectivity index (χ2v) is 4.60. The van der Waals surface area contributed by atoms with E-state index in [1.807, 2.05) is 25.1 Å². The van der Waals surface area contributed by atoms with E-state index in [1.54, 1.807) is 19.1 Å². The van der Waals surface area contributed by atoms with Crippen LogP contribution in [0.15, 0.2) is 36.4 Å². The zero-order valence-electron chi connectivity index (χ0n) is 11.4. The Labute approximate surface area is 117 Å². The van der Waals surface area contributed by atoms with E-state index >= 15 is 0 Å². The van der Waals surface area contributed by atoms with Crippen LogP contribution in [0.5, 0.6) is 11.5 Å². The highest BCUT2D eigenvalue weighted by molar-refractivity contribution is 5.46. The smallest absolute Gasteiger partial charge is 0.272 e. The second-order valence-electron chi connectivity index (χ2n) is 4.60. The van der Waals surface area contributed by atoms with Gasteiger partial charge in [-0.15, -0.1) is 0 Å². The van der Waals surface area contributed by atoms with Crippen molar-refractivity contribution >= 4 is 5.69 Å². The number of nitro groups is 1. The van der Waals surface area contributed by atoms with E-state index < -0.39 is 4.92 Å². The van der Waals surface area contributed by atoms with E-state index in [0.29, 0.717) is 23.6 Å². The zero-order chi connectivity index (χ0) is 14.7. The van der Waals surface area contributed by atoms with Gasteiger partial charge in [-0.1, -0.05) is 6.07 Å². The summed E-state index contributed by atoms with van der Waals surface area (Å²) < 4.78 is 5.71. The molecule has 0 unspecified atom stereocenters. The highest BCUT2D eigenvalue weighted by Gasteiger charge is 2.11. The third-order valence-corrected chi connectivity index (χ3v) is 3.13. The van der Waals surface area contributed by atoms with Gasteiger partial charge in [-0.05, 0) is 49.2 Å². The molecule has 0 saturated carbocycles. The van der Waals surface area contributed by atoms with Gasteiger partial charge < -0.3 is 10.5 Å². The number of nitro benzene ring substituents is 1. The molecule has 0 bridgehead atoms. The van der Waals surface area contributed by atoms with Crippen LogP contribution in [0.1, 0.15) is 16.7 Å². The topological polar surface area (TPSA) is 78.4 Å². The molecular formula is C15H16N2O3. The number of benzene rings is 2. The van der Waals surface area contributed by atoms with E-state index in [0.717, 1.165) is 11.1 Å². The van der Waals surface area contributed by atoms with Gasteiger partial charge in [0.1, 0.15) is 11.5 Å². The van der Waals surface area contributed by atoms with Gasteiger partial charge in [0.15, 0.2) is 0 Å². The maximum Gasteiger partial charge on any atom is 0.272 e. The average Bonchev–Trinajstić information content (AvgIpc) is 2.38. The van der Waals surface area contributed by atoms with Crippen molar-refractivity contribution in [2.45, 2.75) is 20.4 Å². The van der Waals surface area contributed by atoms with Crippen LogP contribution in [0.25, 0.3) is 0 Å². The highest BCUT2D eigenvalue weighted by Crippen LogP contribution is 2.28. The molecular weight excluding hydrogens is 256 g/mol. The van der Waals surface area contributed by atoms with E-state index in [2.05, 4.69) is 0 Å². The maximum atomic E-state index is 10.8. The van der Waals surface area contributed by atoms with Gasteiger partial charge in [0.05, 0.1) is 4.92 Å². The fourth-order valence-corrected chi connectivity index (χ4v) is 1.99. The van der Waals surface area contributed by atoms with Crippen LogP contribution >= 0.6 is 0 Å². The summed E-state index contributed by atoms with van der Waals surface area (Å²) in [6, 6.07) is 10.4. The first-order valence-corrected chi connectivity index (χ1v) is 6.23. The lowest BCUT2D eigenvalue weighted by molar-refractivity contribution is -0.385. The normalized spacial score (nSPS) is 10.3. The van der Waals surface area contributed by atoms with Crippen molar-refractivity contribution in [3.63, 3.8) is 0 Å². The van der Waals surface area contributed by atoms with E-state index in [-0.39, 0.29) is 5.69 Å². The highest BCUT2D eigenvalue weighted by atomic mass is 16.6.